The van der Waals surface area contributed by atoms with Crippen LogP contribution >= 0.6 is 11.8 Å². The molecule has 0 saturated heterocycles. The molecule has 0 aliphatic rings. The van der Waals surface area contributed by atoms with Crippen LogP contribution < -0.4 is 5.73 Å². The molecule has 5 nitrogen and oxygen atoms in total. The fraction of sp³-hybridized carbons (Fsp3) is 0.182. The number of sulfone groups is 1. The van der Waals surface area contributed by atoms with Gasteiger partial charge in [0.1, 0.15) is 5.82 Å². The molecule has 0 radical (unpaired) electrons. The first kappa shape index (κ1) is 13.0. The van der Waals surface area contributed by atoms with E-state index >= 15 is 0 Å². The highest BCUT2D eigenvalue weighted by atomic mass is 32.2. The summed E-state index contributed by atoms with van der Waals surface area (Å²) in [6, 6.07) is 6.83. The van der Waals surface area contributed by atoms with Crippen molar-refractivity contribution in [2.24, 2.45) is 0 Å². The summed E-state index contributed by atoms with van der Waals surface area (Å²) in [7, 11) is -3.26. The van der Waals surface area contributed by atoms with Gasteiger partial charge in [0.05, 0.1) is 10.6 Å². The third kappa shape index (κ3) is 2.37. The summed E-state index contributed by atoms with van der Waals surface area (Å²) in [5.41, 5.74) is 7.06. The van der Waals surface area contributed by atoms with Crippen molar-refractivity contribution in [2.45, 2.75) is 9.79 Å². The molecule has 0 atom stereocenters. The van der Waals surface area contributed by atoms with Gasteiger partial charge in [-0.05, 0) is 12.3 Å². The number of H-pyrrole nitrogens is 1. The second-order valence-corrected chi connectivity index (χ2v) is 6.62. The van der Waals surface area contributed by atoms with Crippen molar-refractivity contribution < 1.29 is 8.42 Å². The van der Waals surface area contributed by atoms with Crippen LogP contribution in [0.4, 0.5) is 5.82 Å². The molecule has 0 aliphatic heterocycles. The van der Waals surface area contributed by atoms with Crippen molar-refractivity contribution in [3.05, 3.63) is 24.3 Å². The Morgan fingerprint density at radius 3 is 2.61 bits per heavy atom. The number of thioether (sulfide) groups is 1. The number of nitrogens with one attached hydrogen (secondary N) is 1. The summed E-state index contributed by atoms with van der Waals surface area (Å²) < 4.78 is 23.5. The van der Waals surface area contributed by atoms with Crippen LogP contribution in [0.3, 0.4) is 0 Å². The van der Waals surface area contributed by atoms with Crippen molar-refractivity contribution in [1.82, 2.24) is 10.2 Å². The van der Waals surface area contributed by atoms with Crippen molar-refractivity contribution in [3.63, 3.8) is 0 Å². The number of hydrogen-bond acceptors (Lipinski definition) is 5. The molecule has 0 spiro atoms. The minimum Gasteiger partial charge on any atom is -0.382 e. The Labute approximate surface area is 110 Å². The molecule has 7 heteroatoms. The first-order chi connectivity index (χ1) is 8.43. The van der Waals surface area contributed by atoms with Crippen LogP contribution in [0.25, 0.3) is 11.3 Å². The lowest BCUT2D eigenvalue weighted by Crippen LogP contribution is -2.00. The molecule has 0 saturated carbocycles. The van der Waals surface area contributed by atoms with Gasteiger partial charge in [-0.2, -0.15) is 5.10 Å². The van der Waals surface area contributed by atoms with Gasteiger partial charge >= 0.3 is 0 Å². The van der Waals surface area contributed by atoms with E-state index in [1.54, 1.807) is 18.2 Å². The maximum Gasteiger partial charge on any atom is 0.176 e. The van der Waals surface area contributed by atoms with E-state index in [4.69, 9.17) is 5.73 Å². The quantitative estimate of drug-likeness (QED) is 0.838. The molecular weight excluding hydrogens is 270 g/mol. The smallest absolute Gasteiger partial charge is 0.176 e. The molecule has 0 unspecified atom stereocenters. The lowest BCUT2D eigenvalue weighted by molar-refractivity contribution is 0.600. The molecule has 0 aliphatic carbocycles. The van der Waals surface area contributed by atoms with Gasteiger partial charge < -0.3 is 5.73 Å². The zero-order valence-corrected chi connectivity index (χ0v) is 11.6. The number of nitrogen functional groups attached to an aromatic ring is 1. The minimum atomic E-state index is -3.26. The second kappa shape index (κ2) is 4.66. The number of rotatable bonds is 3. The van der Waals surface area contributed by atoms with E-state index in [2.05, 4.69) is 10.2 Å². The summed E-state index contributed by atoms with van der Waals surface area (Å²) >= 11 is 1.39. The highest BCUT2D eigenvalue weighted by molar-refractivity contribution is 7.99. The highest BCUT2D eigenvalue weighted by Gasteiger charge is 2.17. The van der Waals surface area contributed by atoms with Gasteiger partial charge in [0.25, 0.3) is 0 Å². The molecule has 2 rings (SSSR count). The lowest BCUT2D eigenvalue weighted by atomic mass is 10.1. The molecule has 0 bridgehead atoms. The Kier molecular flexibility index (Phi) is 3.36. The standard InChI is InChI=1S/C11H13N3O2S2/c1-17-11-7(8-6-10(12)14-13-8)4-3-5-9(11)18(2,15)16/h3-6H,1-2H3,(H3,12,13,14). The summed E-state index contributed by atoms with van der Waals surface area (Å²) in [5.74, 6) is 0.377. The summed E-state index contributed by atoms with van der Waals surface area (Å²) in [6.07, 6.45) is 3.04. The first-order valence-electron chi connectivity index (χ1n) is 5.12. The topological polar surface area (TPSA) is 88.8 Å². The number of hydrogen-bond donors (Lipinski definition) is 2. The van der Waals surface area contributed by atoms with Crippen LogP contribution in [0.15, 0.2) is 34.1 Å². The molecule has 1 heterocycles. The van der Waals surface area contributed by atoms with Crippen LogP contribution in [-0.2, 0) is 9.84 Å². The van der Waals surface area contributed by atoms with Gasteiger partial charge in [-0.25, -0.2) is 8.42 Å². The minimum absolute atomic E-state index is 0.320. The Bertz CT molecular complexity index is 677. The summed E-state index contributed by atoms with van der Waals surface area (Å²) in [6.45, 7) is 0. The SMILES string of the molecule is CSc1c(-c2cc(N)n[nH]2)cccc1S(C)(=O)=O. The van der Waals surface area contributed by atoms with Gasteiger partial charge in [0.2, 0.25) is 0 Å². The monoisotopic (exact) mass is 283 g/mol. The zero-order valence-electron chi connectivity index (χ0n) is 9.97. The average Bonchev–Trinajstić information content (AvgIpc) is 2.73. The predicted octanol–water partition coefficient (Wildman–Crippen LogP) is 1.78. The van der Waals surface area contributed by atoms with Crippen LogP contribution in [0.2, 0.25) is 0 Å². The summed E-state index contributed by atoms with van der Waals surface area (Å²) in [4.78, 5) is 1.02. The van der Waals surface area contributed by atoms with E-state index in [9.17, 15) is 8.42 Å². The first-order valence-corrected chi connectivity index (χ1v) is 8.23. The lowest BCUT2D eigenvalue weighted by Gasteiger charge is -2.10. The largest absolute Gasteiger partial charge is 0.382 e. The van der Waals surface area contributed by atoms with E-state index in [0.717, 1.165) is 5.56 Å². The van der Waals surface area contributed by atoms with Crippen LogP contribution in [-0.4, -0.2) is 31.1 Å². The molecule has 1 aromatic carbocycles. The molecule has 1 aromatic heterocycles. The normalized spacial score (nSPS) is 11.7. The fourth-order valence-corrected chi connectivity index (χ4v) is 3.85. The molecule has 3 N–H and O–H groups in total. The molecular formula is C11H13N3O2S2. The molecule has 96 valence electrons. The van der Waals surface area contributed by atoms with E-state index < -0.39 is 9.84 Å². The van der Waals surface area contributed by atoms with Crippen LogP contribution in [0, 0.1) is 0 Å². The highest BCUT2D eigenvalue weighted by Crippen LogP contribution is 2.34. The van der Waals surface area contributed by atoms with Crippen molar-refractivity contribution in [3.8, 4) is 11.3 Å². The number of nitrogens with two attached hydrogens (primary N) is 1. The van der Waals surface area contributed by atoms with E-state index in [1.807, 2.05) is 12.3 Å². The Morgan fingerprint density at radius 1 is 1.39 bits per heavy atom. The van der Waals surface area contributed by atoms with Gasteiger partial charge in [0, 0.05) is 22.8 Å². The molecule has 0 fully saturated rings. The number of aromatic amines is 1. The van der Waals surface area contributed by atoms with Crippen molar-refractivity contribution in [1.29, 1.82) is 0 Å². The van der Waals surface area contributed by atoms with Gasteiger partial charge in [-0.15, -0.1) is 11.8 Å². The Balaban J connectivity index is 2.70. The van der Waals surface area contributed by atoms with E-state index in [1.165, 1.54) is 18.0 Å². The van der Waals surface area contributed by atoms with Crippen LogP contribution in [0.1, 0.15) is 0 Å². The van der Waals surface area contributed by atoms with Crippen molar-refractivity contribution in [2.75, 3.05) is 18.2 Å². The number of benzene rings is 1. The predicted molar refractivity (Wildman–Crippen MR) is 73.3 cm³/mol. The zero-order chi connectivity index (χ0) is 13.3. The number of anilines is 1. The average molecular weight is 283 g/mol. The Morgan fingerprint density at radius 2 is 2.11 bits per heavy atom. The number of aromatic nitrogens is 2. The maximum atomic E-state index is 11.7. The van der Waals surface area contributed by atoms with Crippen LogP contribution in [0.5, 0.6) is 0 Å². The maximum absolute atomic E-state index is 11.7. The number of nitrogens with zero attached hydrogens (tertiary/aromatic N) is 1. The molecule has 18 heavy (non-hydrogen) atoms. The second-order valence-electron chi connectivity index (χ2n) is 3.82. The Hall–Kier alpha value is -1.47. The third-order valence-corrected chi connectivity index (χ3v) is 4.59. The van der Waals surface area contributed by atoms with E-state index in [0.29, 0.717) is 21.3 Å². The van der Waals surface area contributed by atoms with Crippen molar-refractivity contribution >= 4 is 27.4 Å². The molecule has 0 amide bonds. The van der Waals surface area contributed by atoms with Gasteiger partial charge in [-0.1, -0.05) is 12.1 Å². The summed E-state index contributed by atoms with van der Waals surface area (Å²) in [5, 5.41) is 6.65. The third-order valence-electron chi connectivity index (χ3n) is 2.47. The van der Waals surface area contributed by atoms with Gasteiger partial charge in [0.15, 0.2) is 9.84 Å². The molecule has 2 aromatic rings. The fourth-order valence-electron chi connectivity index (χ4n) is 1.71. The van der Waals surface area contributed by atoms with Gasteiger partial charge in [-0.3, -0.25) is 5.10 Å². The van der Waals surface area contributed by atoms with E-state index in [-0.39, 0.29) is 0 Å².